The van der Waals surface area contributed by atoms with E-state index in [1.807, 2.05) is 4.90 Å². The van der Waals surface area contributed by atoms with Crippen LogP contribution in [0, 0.1) is 10.1 Å². The monoisotopic (exact) mass is 344 g/mol. The second kappa shape index (κ2) is 6.29. The van der Waals surface area contributed by atoms with E-state index in [2.05, 4.69) is 17.1 Å². The Kier molecular flexibility index (Phi) is 4.11. The van der Waals surface area contributed by atoms with Crippen LogP contribution >= 0.6 is 0 Å². The predicted molar refractivity (Wildman–Crippen MR) is 94.8 cm³/mol. The fourth-order valence-corrected chi connectivity index (χ4v) is 4.02. The molecule has 3 aliphatic rings. The number of nitro groups is 1. The zero-order chi connectivity index (χ0) is 17.6. The lowest BCUT2D eigenvalue weighted by Gasteiger charge is -2.42. The smallest absolute Gasteiger partial charge is 0.293 e. The van der Waals surface area contributed by atoms with Gasteiger partial charge in [0.05, 0.1) is 4.92 Å². The number of piperazine rings is 1. The van der Waals surface area contributed by atoms with Crippen LogP contribution in [-0.2, 0) is 0 Å². The molecule has 2 atom stereocenters. The number of nitrogens with zero attached hydrogens (tertiary/aromatic N) is 3. The van der Waals surface area contributed by atoms with Crippen LogP contribution in [0.15, 0.2) is 18.2 Å². The number of benzene rings is 1. The summed E-state index contributed by atoms with van der Waals surface area (Å²) in [7, 11) is 0. The molecule has 2 heterocycles. The Labute approximate surface area is 147 Å². The van der Waals surface area contributed by atoms with Crippen LogP contribution < -0.4 is 5.32 Å². The second-order valence-corrected chi connectivity index (χ2v) is 7.51. The van der Waals surface area contributed by atoms with Crippen LogP contribution in [0.2, 0.25) is 0 Å². The lowest BCUT2D eigenvalue weighted by Crippen LogP contribution is -2.56. The molecule has 0 radical (unpaired) electrons. The van der Waals surface area contributed by atoms with Crippen molar-refractivity contribution in [3.8, 4) is 0 Å². The highest BCUT2D eigenvalue weighted by Crippen LogP contribution is 2.32. The number of nitrogens with one attached hydrogen (secondary N) is 1. The van der Waals surface area contributed by atoms with E-state index in [0.29, 0.717) is 23.3 Å². The van der Waals surface area contributed by atoms with Crippen LogP contribution in [0.25, 0.3) is 0 Å². The number of carbonyl (C=O) groups is 1. The van der Waals surface area contributed by atoms with Crippen molar-refractivity contribution in [3.63, 3.8) is 0 Å². The number of rotatable bonds is 4. The molecule has 2 saturated heterocycles. The van der Waals surface area contributed by atoms with E-state index in [9.17, 15) is 14.9 Å². The summed E-state index contributed by atoms with van der Waals surface area (Å²) in [4.78, 5) is 28.3. The number of amides is 1. The molecule has 1 aromatic carbocycles. The van der Waals surface area contributed by atoms with Gasteiger partial charge in [-0.2, -0.15) is 0 Å². The number of nitro benzene ring substituents is 1. The number of hydrogen-bond acceptors (Lipinski definition) is 5. The van der Waals surface area contributed by atoms with E-state index in [4.69, 9.17) is 0 Å². The molecule has 7 heteroatoms. The SMILES string of the molecule is C[C@@H]1CN2CCC[C@H]2CN1C(=O)c1ccc(NC2CC2)c([N+](=O)[O-])c1. The minimum atomic E-state index is -0.403. The molecule has 1 aliphatic carbocycles. The topological polar surface area (TPSA) is 78.7 Å². The maximum absolute atomic E-state index is 13.0. The normalized spacial score (nSPS) is 26.4. The summed E-state index contributed by atoms with van der Waals surface area (Å²) in [5.74, 6) is -0.0971. The first-order valence-electron chi connectivity index (χ1n) is 9.13. The minimum Gasteiger partial charge on any atom is -0.377 e. The Morgan fingerprint density at radius 2 is 2.08 bits per heavy atom. The van der Waals surface area contributed by atoms with Gasteiger partial charge >= 0.3 is 0 Å². The first kappa shape index (κ1) is 16.3. The first-order chi connectivity index (χ1) is 12.0. The van der Waals surface area contributed by atoms with Gasteiger partial charge < -0.3 is 10.2 Å². The third kappa shape index (κ3) is 3.20. The Bertz CT molecular complexity index is 704. The van der Waals surface area contributed by atoms with Crippen LogP contribution in [0.4, 0.5) is 11.4 Å². The zero-order valence-electron chi connectivity index (χ0n) is 14.5. The van der Waals surface area contributed by atoms with Gasteiger partial charge in [0.1, 0.15) is 5.69 Å². The standard InChI is InChI=1S/C18H24N4O3/c1-12-10-20-8-2-3-15(20)11-21(12)18(23)13-4-7-16(19-14-5-6-14)17(9-13)22(24)25/h4,7,9,12,14-15,19H,2-3,5-6,8,10-11H2,1H3/t12-,15+/m1/s1. The molecule has 7 nitrogen and oxygen atoms in total. The molecule has 1 saturated carbocycles. The van der Waals surface area contributed by atoms with Gasteiger partial charge in [-0.15, -0.1) is 0 Å². The molecule has 0 aromatic heterocycles. The number of hydrogen-bond donors (Lipinski definition) is 1. The molecule has 1 aromatic rings. The van der Waals surface area contributed by atoms with E-state index < -0.39 is 4.92 Å². The van der Waals surface area contributed by atoms with Crippen LogP contribution in [0.3, 0.4) is 0 Å². The lowest BCUT2D eigenvalue weighted by molar-refractivity contribution is -0.384. The van der Waals surface area contributed by atoms with Crippen molar-refractivity contribution >= 4 is 17.3 Å². The van der Waals surface area contributed by atoms with E-state index in [0.717, 1.165) is 38.9 Å². The fourth-order valence-electron chi connectivity index (χ4n) is 4.02. The maximum Gasteiger partial charge on any atom is 0.293 e. The fraction of sp³-hybridized carbons (Fsp3) is 0.611. The second-order valence-electron chi connectivity index (χ2n) is 7.51. The minimum absolute atomic E-state index is 0.00935. The summed E-state index contributed by atoms with van der Waals surface area (Å²) in [6.07, 6.45) is 4.40. The largest absolute Gasteiger partial charge is 0.377 e. The molecule has 1 amide bonds. The van der Waals surface area contributed by atoms with Crippen molar-refractivity contribution in [2.24, 2.45) is 0 Å². The Morgan fingerprint density at radius 3 is 2.80 bits per heavy atom. The van der Waals surface area contributed by atoms with E-state index in [1.54, 1.807) is 12.1 Å². The van der Waals surface area contributed by atoms with Gasteiger partial charge in [-0.3, -0.25) is 19.8 Å². The van der Waals surface area contributed by atoms with E-state index in [-0.39, 0.29) is 17.6 Å². The molecule has 2 aliphatic heterocycles. The predicted octanol–water partition coefficient (Wildman–Crippen LogP) is 2.48. The highest BCUT2D eigenvalue weighted by Gasteiger charge is 2.37. The van der Waals surface area contributed by atoms with Crippen LogP contribution in [-0.4, -0.2) is 58.4 Å². The Morgan fingerprint density at radius 1 is 1.28 bits per heavy atom. The quantitative estimate of drug-likeness (QED) is 0.670. The highest BCUT2D eigenvalue weighted by molar-refractivity contribution is 5.96. The summed E-state index contributed by atoms with van der Waals surface area (Å²) < 4.78 is 0. The first-order valence-corrected chi connectivity index (χ1v) is 9.13. The van der Waals surface area contributed by atoms with Gasteiger partial charge in [-0.1, -0.05) is 0 Å². The molecular weight excluding hydrogens is 320 g/mol. The van der Waals surface area contributed by atoms with Gasteiger partial charge in [0.2, 0.25) is 0 Å². The van der Waals surface area contributed by atoms with Crippen molar-refractivity contribution in [1.29, 1.82) is 0 Å². The summed E-state index contributed by atoms with van der Waals surface area (Å²) in [5.41, 5.74) is 0.911. The van der Waals surface area contributed by atoms with Crippen molar-refractivity contribution < 1.29 is 9.72 Å². The van der Waals surface area contributed by atoms with Gasteiger partial charge in [-0.05, 0) is 51.3 Å². The molecular formula is C18H24N4O3. The molecule has 134 valence electrons. The number of fused-ring (bicyclic) bond motifs is 1. The summed E-state index contributed by atoms with van der Waals surface area (Å²) in [6.45, 7) is 4.78. The molecule has 1 N–H and O–H groups in total. The van der Waals surface area contributed by atoms with Crippen LogP contribution in [0.1, 0.15) is 43.0 Å². The molecule has 25 heavy (non-hydrogen) atoms. The highest BCUT2D eigenvalue weighted by atomic mass is 16.6. The summed E-state index contributed by atoms with van der Waals surface area (Å²) in [6, 6.07) is 5.72. The zero-order valence-corrected chi connectivity index (χ0v) is 14.5. The Balaban J connectivity index is 1.56. The van der Waals surface area contributed by atoms with Gasteiger partial charge in [0.15, 0.2) is 0 Å². The number of carbonyl (C=O) groups excluding carboxylic acids is 1. The molecule has 0 bridgehead atoms. The van der Waals surface area contributed by atoms with E-state index >= 15 is 0 Å². The van der Waals surface area contributed by atoms with Gasteiger partial charge in [-0.25, -0.2) is 0 Å². The van der Waals surface area contributed by atoms with Crippen molar-refractivity contribution in [3.05, 3.63) is 33.9 Å². The molecule has 0 unspecified atom stereocenters. The van der Waals surface area contributed by atoms with Crippen molar-refractivity contribution in [2.45, 2.75) is 50.7 Å². The van der Waals surface area contributed by atoms with Crippen molar-refractivity contribution in [1.82, 2.24) is 9.80 Å². The third-order valence-corrected chi connectivity index (χ3v) is 5.58. The third-order valence-electron chi connectivity index (χ3n) is 5.58. The van der Waals surface area contributed by atoms with Gasteiger partial charge in [0, 0.05) is 42.8 Å². The van der Waals surface area contributed by atoms with E-state index in [1.165, 1.54) is 12.5 Å². The van der Waals surface area contributed by atoms with Crippen molar-refractivity contribution in [2.75, 3.05) is 25.0 Å². The maximum atomic E-state index is 13.0. The van der Waals surface area contributed by atoms with Gasteiger partial charge in [0.25, 0.3) is 11.6 Å². The average molecular weight is 344 g/mol. The molecule has 4 rings (SSSR count). The molecule has 0 spiro atoms. The lowest BCUT2D eigenvalue weighted by atomic mass is 10.1. The molecule has 3 fully saturated rings. The Hall–Kier alpha value is -2.15. The summed E-state index contributed by atoms with van der Waals surface area (Å²) in [5, 5.41) is 14.6. The summed E-state index contributed by atoms with van der Waals surface area (Å²) >= 11 is 0. The average Bonchev–Trinajstić information content (AvgIpc) is 3.29. The van der Waals surface area contributed by atoms with Crippen LogP contribution in [0.5, 0.6) is 0 Å². The number of anilines is 1.